The first-order chi connectivity index (χ1) is 10.1. The number of halogens is 1. The van der Waals surface area contributed by atoms with Gasteiger partial charge in [-0.1, -0.05) is 11.6 Å². The van der Waals surface area contributed by atoms with Crippen LogP contribution in [0.25, 0.3) is 0 Å². The lowest BCUT2D eigenvalue weighted by atomic mass is 9.99. The summed E-state index contributed by atoms with van der Waals surface area (Å²) in [7, 11) is 1.52. The van der Waals surface area contributed by atoms with Gasteiger partial charge in [0.15, 0.2) is 0 Å². The average Bonchev–Trinajstić information content (AvgIpc) is 2.80. The molecule has 114 valence electrons. The van der Waals surface area contributed by atoms with Crippen molar-refractivity contribution in [3.05, 3.63) is 22.7 Å². The molecule has 2 saturated heterocycles. The first-order valence-corrected chi connectivity index (χ1v) is 7.64. The largest absolute Gasteiger partial charge is 0.496 e. The van der Waals surface area contributed by atoms with Crippen molar-refractivity contribution in [2.24, 2.45) is 0 Å². The van der Waals surface area contributed by atoms with Crippen molar-refractivity contribution in [1.29, 1.82) is 0 Å². The van der Waals surface area contributed by atoms with Crippen LogP contribution >= 0.6 is 11.6 Å². The van der Waals surface area contributed by atoms with Gasteiger partial charge in [0, 0.05) is 24.2 Å². The van der Waals surface area contributed by atoms with Crippen molar-refractivity contribution < 1.29 is 9.53 Å². The van der Waals surface area contributed by atoms with Gasteiger partial charge in [0.2, 0.25) is 0 Å². The third-order valence-corrected chi connectivity index (χ3v) is 4.70. The van der Waals surface area contributed by atoms with Crippen molar-refractivity contribution in [3.8, 4) is 5.75 Å². The lowest BCUT2D eigenvalue weighted by molar-refractivity contribution is 0.0921. The van der Waals surface area contributed by atoms with Crippen LogP contribution in [0.3, 0.4) is 0 Å². The number of fused-ring (bicyclic) bond motifs is 2. The van der Waals surface area contributed by atoms with E-state index in [0.717, 1.165) is 12.8 Å². The summed E-state index contributed by atoms with van der Waals surface area (Å²) in [5, 5.41) is 7.02. The molecule has 21 heavy (non-hydrogen) atoms. The van der Waals surface area contributed by atoms with Crippen LogP contribution in [0.1, 0.15) is 36.0 Å². The number of nitrogens with two attached hydrogens (primary N) is 1. The smallest absolute Gasteiger partial charge is 0.255 e. The van der Waals surface area contributed by atoms with E-state index in [1.165, 1.54) is 20.0 Å². The second kappa shape index (κ2) is 5.73. The number of hydrogen-bond donors (Lipinski definition) is 3. The van der Waals surface area contributed by atoms with Gasteiger partial charge >= 0.3 is 0 Å². The molecule has 2 heterocycles. The van der Waals surface area contributed by atoms with Gasteiger partial charge in [0.1, 0.15) is 5.75 Å². The number of hydrogen-bond acceptors (Lipinski definition) is 4. The van der Waals surface area contributed by atoms with Gasteiger partial charge in [-0.15, -0.1) is 0 Å². The van der Waals surface area contributed by atoms with Crippen LogP contribution in [0.2, 0.25) is 5.02 Å². The normalized spacial score (nSPS) is 27.4. The first-order valence-electron chi connectivity index (χ1n) is 7.26. The number of rotatable bonds is 3. The topological polar surface area (TPSA) is 76.4 Å². The Morgan fingerprint density at radius 3 is 2.67 bits per heavy atom. The molecule has 0 aliphatic carbocycles. The molecule has 0 saturated carbocycles. The minimum absolute atomic E-state index is 0.153. The Balaban J connectivity index is 1.74. The molecule has 2 atom stereocenters. The Morgan fingerprint density at radius 2 is 2.05 bits per heavy atom. The standard InChI is InChI=1S/C15H20ClN3O2/c1-21-14-7-13(17)12(16)6-11(14)15(20)19-10-4-8-2-3-9(5-10)18-8/h6-10,18H,2-5,17H2,1H3,(H,19,20)/t8-,9-/m1/s1. The molecule has 1 aromatic carbocycles. The zero-order valence-corrected chi connectivity index (χ0v) is 12.7. The molecular formula is C15H20ClN3O2. The molecule has 0 radical (unpaired) electrons. The fourth-order valence-corrected chi connectivity index (χ4v) is 3.52. The van der Waals surface area contributed by atoms with E-state index in [-0.39, 0.29) is 11.9 Å². The first kappa shape index (κ1) is 14.5. The number of piperidine rings is 1. The van der Waals surface area contributed by atoms with Crippen LogP contribution in [0.5, 0.6) is 5.75 Å². The van der Waals surface area contributed by atoms with E-state index in [0.29, 0.717) is 34.1 Å². The maximum atomic E-state index is 12.5. The molecule has 2 aliphatic heterocycles. The van der Waals surface area contributed by atoms with E-state index in [9.17, 15) is 4.79 Å². The molecule has 2 fully saturated rings. The van der Waals surface area contributed by atoms with Crippen LogP contribution in [-0.2, 0) is 0 Å². The molecule has 1 amide bonds. The second-order valence-electron chi connectivity index (χ2n) is 5.85. The Labute approximate surface area is 129 Å². The van der Waals surface area contributed by atoms with Crippen LogP contribution in [0.4, 0.5) is 5.69 Å². The van der Waals surface area contributed by atoms with E-state index >= 15 is 0 Å². The van der Waals surface area contributed by atoms with E-state index in [2.05, 4.69) is 10.6 Å². The maximum Gasteiger partial charge on any atom is 0.255 e. The van der Waals surface area contributed by atoms with Crippen LogP contribution in [0, 0.1) is 0 Å². The highest BCUT2D eigenvalue weighted by atomic mass is 35.5. The molecular weight excluding hydrogens is 290 g/mol. The van der Waals surface area contributed by atoms with Gasteiger partial charge in [-0.3, -0.25) is 4.79 Å². The molecule has 0 unspecified atom stereocenters. The molecule has 1 aromatic rings. The number of anilines is 1. The summed E-state index contributed by atoms with van der Waals surface area (Å²) in [6, 6.07) is 4.43. The number of benzene rings is 1. The van der Waals surface area contributed by atoms with E-state index in [4.69, 9.17) is 22.1 Å². The van der Waals surface area contributed by atoms with Crippen molar-refractivity contribution in [2.45, 2.75) is 43.8 Å². The van der Waals surface area contributed by atoms with Gasteiger partial charge in [-0.05, 0) is 31.7 Å². The number of amides is 1. The summed E-state index contributed by atoms with van der Waals surface area (Å²) >= 11 is 6.02. The quantitative estimate of drug-likeness (QED) is 0.746. The summed E-state index contributed by atoms with van der Waals surface area (Å²) in [6.07, 6.45) is 4.36. The minimum Gasteiger partial charge on any atom is -0.496 e. The summed E-state index contributed by atoms with van der Waals surface area (Å²) in [4.78, 5) is 12.5. The lowest BCUT2D eigenvalue weighted by Gasteiger charge is -2.29. The molecule has 3 rings (SSSR count). The second-order valence-corrected chi connectivity index (χ2v) is 6.26. The Kier molecular flexibility index (Phi) is 3.95. The van der Waals surface area contributed by atoms with Crippen LogP contribution < -0.4 is 21.1 Å². The number of carbonyl (C=O) groups is 1. The highest BCUT2D eigenvalue weighted by Gasteiger charge is 2.34. The predicted octanol–water partition coefficient (Wildman–Crippen LogP) is 1.94. The van der Waals surface area contributed by atoms with Gasteiger partial charge < -0.3 is 21.1 Å². The third-order valence-electron chi connectivity index (χ3n) is 4.37. The Bertz CT molecular complexity index is 552. The number of methoxy groups -OCH3 is 1. The molecule has 6 heteroatoms. The Hall–Kier alpha value is -1.46. The summed E-state index contributed by atoms with van der Waals surface area (Å²) in [5.41, 5.74) is 6.58. The summed E-state index contributed by atoms with van der Waals surface area (Å²) in [6.45, 7) is 0. The fraction of sp³-hybridized carbons (Fsp3) is 0.533. The van der Waals surface area contributed by atoms with Crippen LogP contribution in [0.15, 0.2) is 12.1 Å². The molecule has 2 bridgehead atoms. The number of nitrogens with one attached hydrogen (secondary N) is 2. The Morgan fingerprint density at radius 1 is 1.38 bits per heavy atom. The summed E-state index contributed by atoms with van der Waals surface area (Å²) in [5.74, 6) is 0.298. The minimum atomic E-state index is -0.153. The van der Waals surface area contributed by atoms with Gasteiger partial charge in [0.25, 0.3) is 5.91 Å². The summed E-state index contributed by atoms with van der Waals surface area (Å²) < 4.78 is 5.23. The van der Waals surface area contributed by atoms with E-state index in [1.54, 1.807) is 12.1 Å². The SMILES string of the molecule is COc1cc(N)c(Cl)cc1C(=O)NC1C[C@H]2CC[C@H](C1)N2. The average molecular weight is 310 g/mol. The number of carbonyl (C=O) groups excluding carboxylic acids is 1. The zero-order chi connectivity index (χ0) is 15.0. The maximum absolute atomic E-state index is 12.5. The third kappa shape index (κ3) is 2.94. The number of ether oxygens (including phenoxy) is 1. The van der Waals surface area contributed by atoms with Crippen LogP contribution in [-0.4, -0.2) is 31.1 Å². The molecule has 2 aliphatic rings. The van der Waals surface area contributed by atoms with Crippen molar-refractivity contribution in [2.75, 3.05) is 12.8 Å². The van der Waals surface area contributed by atoms with Gasteiger partial charge in [0.05, 0.1) is 23.4 Å². The highest BCUT2D eigenvalue weighted by molar-refractivity contribution is 6.33. The van der Waals surface area contributed by atoms with E-state index in [1.807, 2.05) is 0 Å². The predicted molar refractivity (Wildman–Crippen MR) is 82.9 cm³/mol. The highest BCUT2D eigenvalue weighted by Crippen LogP contribution is 2.30. The van der Waals surface area contributed by atoms with Crippen molar-refractivity contribution in [1.82, 2.24) is 10.6 Å². The van der Waals surface area contributed by atoms with Crippen molar-refractivity contribution in [3.63, 3.8) is 0 Å². The van der Waals surface area contributed by atoms with Gasteiger partial charge in [-0.2, -0.15) is 0 Å². The molecule has 0 aromatic heterocycles. The molecule has 0 spiro atoms. The fourth-order valence-electron chi connectivity index (χ4n) is 3.35. The van der Waals surface area contributed by atoms with Gasteiger partial charge in [-0.25, -0.2) is 0 Å². The molecule has 4 N–H and O–H groups in total. The number of nitrogen functional groups attached to an aromatic ring is 1. The van der Waals surface area contributed by atoms with E-state index < -0.39 is 0 Å². The lowest BCUT2D eigenvalue weighted by Crippen LogP contribution is -2.48. The monoisotopic (exact) mass is 309 g/mol. The van der Waals surface area contributed by atoms with Crippen molar-refractivity contribution >= 4 is 23.2 Å². The molecule has 5 nitrogen and oxygen atoms in total. The zero-order valence-electron chi connectivity index (χ0n) is 12.0.